The molecule has 0 aromatic heterocycles. The largest absolute Gasteiger partial charge is 0.466 e. The maximum atomic E-state index is 11.9. The Morgan fingerprint density at radius 2 is 0.935 bits per heavy atom. The summed E-state index contributed by atoms with van der Waals surface area (Å²) in [6, 6.07) is 0. The highest BCUT2D eigenvalue weighted by molar-refractivity contribution is 5.77. The molecule has 184 valence electrons. The molecule has 0 bridgehead atoms. The molecule has 7 heteroatoms. The summed E-state index contributed by atoms with van der Waals surface area (Å²) in [7, 11) is 0. The number of carbonyl (C=O) groups is 2. The first-order valence-electron chi connectivity index (χ1n) is 12.2. The number of hydrogen-bond acceptors (Lipinski definition) is 4. The molecule has 0 fully saturated rings. The molecule has 0 amide bonds. The molecule has 0 aliphatic carbocycles. The average molecular weight is 453 g/mol. The maximum absolute atomic E-state index is 11.9. The average Bonchev–Trinajstić information content (AvgIpc) is 2.72. The van der Waals surface area contributed by atoms with Gasteiger partial charge in [-0.1, -0.05) is 103 Å². The van der Waals surface area contributed by atoms with E-state index < -0.39 is 31.1 Å². The van der Waals surface area contributed by atoms with Gasteiger partial charge in [0, 0.05) is 0 Å². The highest BCUT2D eigenvalue weighted by Gasteiger charge is 2.29. The zero-order chi connectivity index (χ0) is 23.2. The van der Waals surface area contributed by atoms with Crippen molar-refractivity contribution in [3.05, 3.63) is 0 Å². The van der Waals surface area contributed by atoms with Crippen molar-refractivity contribution in [1.82, 2.24) is 0 Å². The number of hydrogen-bond donors (Lipinski definition) is 0. The van der Waals surface area contributed by atoms with Gasteiger partial charge in [-0.2, -0.15) is 13.2 Å². The van der Waals surface area contributed by atoms with Crippen LogP contribution in [0.4, 0.5) is 13.2 Å². The molecule has 31 heavy (non-hydrogen) atoms. The number of alkyl halides is 3. The van der Waals surface area contributed by atoms with E-state index in [-0.39, 0.29) is 13.0 Å². The fourth-order valence-corrected chi connectivity index (χ4v) is 3.35. The molecule has 4 nitrogen and oxygen atoms in total. The Labute approximate surface area is 186 Å². The second-order valence-electron chi connectivity index (χ2n) is 8.30. The zero-order valence-corrected chi connectivity index (χ0v) is 19.4. The van der Waals surface area contributed by atoms with E-state index in [1.54, 1.807) is 0 Å². The summed E-state index contributed by atoms with van der Waals surface area (Å²) in [6.45, 7) is 0.911. The van der Waals surface area contributed by atoms with Crippen LogP contribution in [0, 0.1) is 0 Å². The predicted octanol–water partition coefficient (Wildman–Crippen LogP) is 7.68. The van der Waals surface area contributed by atoms with E-state index in [9.17, 15) is 22.8 Å². The fraction of sp³-hybridized carbons (Fsp3) is 0.917. The number of unbranched alkanes of at least 4 members (excludes halogenated alkanes) is 15. The van der Waals surface area contributed by atoms with Crippen molar-refractivity contribution in [3.8, 4) is 0 Å². The molecule has 0 heterocycles. The number of ether oxygens (including phenoxy) is 2. The molecule has 0 radical (unpaired) electrons. The lowest BCUT2D eigenvalue weighted by Gasteiger charge is -2.08. The third-order valence-corrected chi connectivity index (χ3v) is 5.19. The molecule has 0 aliphatic rings. The van der Waals surface area contributed by atoms with Crippen molar-refractivity contribution >= 4 is 11.9 Å². The lowest BCUT2D eigenvalue weighted by atomic mass is 10.0. The number of halogens is 3. The van der Waals surface area contributed by atoms with E-state index in [1.807, 2.05) is 0 Å². The van der Waals surface area contributed by atoms with Gasteiger partial charge in [-0.3, -0.25) is 9.59 Å². The van der Waals surface area contributed by atoms with Crippen LogP contribution in [-0.2, 0) is 19.1 Å². The van der Waals surface area contributed by atoms with Gasteiger partial charge in [0.25, 0.3) is 0 Å². The Hall–Kier alpha value is -1.27. The summed E-state index contributed by atoms with van der Waals surface area (Å²) in [6.07, 6.45) is 15.0. The Balaban J connectivity index is 3.27. The lowest BCUT2D eigenvalue weighted by Crippen LogP contribution is -2.20. The van der Waals surface area contributed by atoms with Gasteiger partial charge in [0.1, 0.15) is 0 Å². The Kier molecular flexibility index (Phi) is 19.8. The minimum absolute atomic E-state index is 0.254. The van der Waals surface area contributed by atoms with Crippen molar-refractivity contribution in [2.45, 2.75) is 129 Å². The lowest BCUT2D eigenvalue weighted by molar-refractivity contribution is -0.186. The normalized spacial score (nSPS) is 11.5. The van der Waals surface area contributed by atoms with Gasteiger partial charge in [-0.25, -0.2) is 0 Å². The summed E-state index contributed by atoms with van der Waals surface area (Å²) in [5, 5.41) is 0. The van der Waals surface area contributed by atoms with Crippen LogP contribution >= 0.6 is 0 Å². The van der Waals surface area contributed by atoms with Crippen LogP contribution in [-0.4, -0.2) is 31.3 Å². The van der Waals surface area contributed by atoms with Crippen molar-refractivity contribution in [2.75, 3.05) is 13.2 Å². The molecule has 0 aliphatic heterocycles. The molecule has 0 aromatic rings. The molecule has 0 atom stereocenters. The van der Waals surface area contributed by atoms with E-state index in [4.69, 9.17) is 4.74 Å². The van der Waals surface area contributed by atoms with Crippen LogP contribution in [0.15, 0.2) is 0 Å². The topological polar surface area (TPSA) is 52.6 Å². The van der Waals surface area contributed by atoms with Crippen molar-refractivity contribution in [1.29, 1.82) is 0 Å². The van der Waals surface area contributed by atoms with E-state index in [2.05, 4.69) is 11.7 Å². The monoisotopic (exact) mass is 452 g/mol. The quantitative estimate of drug-likeness (QED) is 0.132. The third kappa shape index (κ3) is 24.9. The number of carbonyl (C=O) groups excluding carboxylic acids is 2. The van der Waals surface area contributed by atoms with Crippen molar-refractivity contribution in [3.63, 3.8) is 0 Å². The minimum atomic E-state index is -4.55. The van der Waals surface area contributed by atoms with Crippen LogP contribution in [0.3, 0.4) is 0 Å². The van der Waals surface area contributed by atoms with Gasteiger partial charge in [-0.15, -0.1) is 0 Å². The first-order valence-corrected chi connectivity index (χ1v) is 12.2. The van der Waals surface area contributed by atoms with Gasteiger partial charge in [-0.05, 0) is 6.42 Å². The van der Waals surface area contributed by atoms with Gasteiger partial charge in [0.2, 0.25) is 0 Å². The molecule has 0 spiro atoms. The van der Waals surface area contributed by atoms with Gasteiger partial charge in [0.15, 0.2) is 6.61 Å². The summed E-state index contributed by atoms with van der Waals surface area (Å²) < 4.78 is 44.7. The van der Waals surface area contributed by atoms with Crippen molar-refractivity contribution < 1.29 is 32.2 Å². The van der Waals surface area contributed by atoms with Crippen LogP contribution in [0.25, 0.3) is 0 Å². The first kappa shape index (κ1) is 29.7. The van der Waals surface area contributed by atoms with Gasteiger partial charge < -0.3 is 9.47 Å². The van der Waals surface area contributed by atoms with Gasteiger partial charge in [0.05, 0.1) is 19.4 Å². The van der Waals surface area contributed by atoms with Gasteiger partial charge >= 0.3 is 18.1 Å². The second-order valence-corrected chi connectivity index (χ2v) is 8.30. The molecule has 0 rings (SSSR count). The Morgan fingerprint density at radius 1 is 0.581 bits per heavy atom. The van der Waals surface area contributed by atoms with E-state index in [1.165, 1.54) is 83.5 Å². The number of rotatable bonds is 21. The van der Waals surface area contributed by atoms with E-state index in [0.29, 0.717) is 0 Å². The first-order chi connectivity index (χ1) is 14.8. The minimum Gasteiger partial charge on any atom is -0.466 e. The predicted molar refractivity (Wildman–Crippen MR) is 117 cm³/mol. The highest BCUT2D eigenvalue weighted by Crippen LogP contribution is 2.15. The highest BCUT2D eigenvalue weighted by atomic mass is 19.4. The summed E-state index contributed by atoms with van der Waals surface area (Å²) in [4.78, 5) is 22.6. The van der Waals surface area contributed by atoms with Crippen LogP contribution in [0.1, 0.15) is 122 Å². The van der Waals surface area contributed by atoms with E-state index >= 15 is 0 Å². The van der Waals surface area contributed by atoms with Crippen LogP contribution < -0.4 is 0 Å². The number of esters is 2. The molecule has 0 saturated heterocycles. The third-order valence-electron chi connectivity index (χ3n) is 5.19. The molecule has 0 unspecified atom stereocenters. The van der Waals surface area contributed by atoms with Crippen LogP contribution in [0.5, 0.6) is 0 Å². The van der Waals surface area contributed by atoms with E-state index in [0.717, 1.165) is 19.3 Å². The Bertz CT molecular complexity index is 439. The summed E-state index contributed by atoms with van der Waals surface area (Å²) in [5.41, 5.74) is 0. The molecular weight excluding hydrogens is 409 g/mol. The molecule has 0 N–H and O–H groups in total. The maximum Gasteiger partial charge on any atom is 0.422 e. The zero-order valence-electron chi connectivity index (χ0n) is 19.4. The molecular formula is C24H43F3O4. The summed E-state index contributed by atoms with van der Waals surface area (Å²) in [5.74, 6) is -1.62. The summed E-state index contributed by atoms with van der Waals surface area (Å²) >= 11 is 0. The standard InChI is InChI=1S/C24H43F3O4/c1-2-3-4-5-6-7-8-9-10-11-12-13-14-15-16-17-20-30-22(28)18-19-23(29)31-21-24(25,26)27/h2-21H2,1H3. The van der Waals surface area contributed by atoms with Crippen molar-refractivity contribution in [2.24, 2.45) is 0 Å². The molecule has 0 aromatic carbocycles. The SMILES string of the molecule is CCCCCCCCCCCCCCCCCCOC(=O)CCC(=O)OCC(F)(F)F. The molecule has 0 saturated carbocycles. The Morgan fingerprint density at radius 3 is 1.32 bits per heavy atom. The van der Waals surface area contributed by atoms with Crippen LogP contribution in [0.2, 0.25) is 0 Å². The smallest absolute Gasteiger partial charge is 0.422 e. The fourth-order valence-electron chi connectivity index (χ4n) is 3.35. The second kappa shape index (κ2) is 20.6.